The number of hydrogen-bond donors (Lipinski definition) is 3. The van der Waals surface area contributed by atoms with Crippen LogP contribution in [0.4, 0.5) is 24.5 Å². The molecule has 1 atom stereocenters. The molecule has 0 fully saturated rings. The number of hydrogen-bond acceptors (Lipinski definition) is 7. The van der Waals surface area contributed by atoms with Crippen molar-refractivity contribution >= 4 is 22.8 Å². The molecule has 4 heterocycles. The van der Waals surface area contributed by atoms with E-state index in [0.29, 0.717) is 28.2 Å². The van der Waals surface area contributed by atoms with Gasteiger partial charge in [-0.25, -0.2) is 17.7 Å². The normalized spacial score (nSPS) is 12.4. The number of nitrogens with one attached hydrogen (secondary N) is 2. The zero-order valence-electron chi connectivity index (χ0n) is 19.8. The molecular formula is C25H22F3N7O2. The van der Waals surface area contributed by atoms with Crippen LogP contribution >= 0.6 is 0 Å². The van der Waals surface area contributed by atoms with E-state index in [1.54, 1.807) is 28.8 Å². The third-order valence-electron chi connectivity index (χ3n) is 5.54. The van der Waals surface area contributed by atoms with Gasteiger partial charge in [-0.3, -0.25) is 14.8 Å². The zero-order valence-corrected chi connectivity index (χ0v) is 19.8. The Labute approximate surface area is 209 Å². The summed E-state index contributed by atoms with van der Waals surface area (Å²) in [5.74, 6) is -0.664. The number of carbonyl (C=O) groups is 1. The SMILES string of the molecule is CC(C)(O)[C@H](F)CNC(=O)c1cnc(-c2ccc3cc(C#N)cnn23)cc1Nc1ccc(C(F)F)nc1. The summed E-state index contributed by atoms with van der Waals surface area (Å²) >= 11 is 0. The highest BCUT2D eigenvalue weighted by atomic mass is 19.3. The second-order valence-electron chi connectivity index (χ2n) is 8.76. The van der Waals surface area contributed by atoms with Crippen LogP contribution in [0.15, 0.2) is 55.0 Å². The van der Waals surface area contributed by atoms with Gasteiger partial charge in [-0.05, 0) is 50.2 Å². The van der Waals surface area contributed by atoms with Crippen molar-refractivity contribution in [3.63, 3.8) is 0 Å². The zero-order chi connectivity index (χ0) is 26.7. The van der Waals surface area contributed by atoms with Crippen molar-refractivity contribution in [1.29, 1.82) is 5.26 Å². The largest absolute Gasteiger partial charge is 0.387 e. The lowest BCUT2D eigenvalue weighted by molar-refractivity contribution is -0.00177. The number of nitrogens with zero attached hydrogens (tertiary/aromatic N) is 5. The second-order valence-corrected chi connectivity index (χ2v) is 8.76. The number of carbonyl (C=O) groups excluding carboxylic acids is 1. The lowest BCUT2D eigenvalue weighted by Crippen LogP contribution is -2.42. The van der Waals surface area contributed by atoms with Crippen LogP contribution in [0.3, 0.4) is 0 Å². The van der Waals surface area contributed by atoms with Gasteiger partial charge in [0.05, 0.1) is 63.9 Å². The summed E-state index contributed by atoms with van der Waals surface area (Å²) in [6, 6.07) is 11.3. The Morgan fingerprint density at radius 1 is 1.14 bits per heavy atom. The first kappa shape index (κ1) is 25.6. The Hall–Kier alpha value is -4.50. The molecule has 0 bridgehead atoms. The van der Waals surface area contributed by atoms with Gasteiger partial charge in [0, 0.05) is 6.20 Å². The van der Waals surface area contributed by atoms with Gasteiger partial charge >= 0.3 is 0 Å². The number of fused-ring (bicyclic) bond motifs is 1. The van der Waals surface area contributed by atoms with Crippen molar-refractivity contribution in [2.24, 2.45) is 0 Å². The van der Waals surface area contributed by atoms with E-state index in [-0.39, 0.29) is 11.3 Å². The highest BCUT2D eigenvalue weighted by Gasteiger charge is 2.27. The number of aromatic nitrogens is 4. The van der Waals surface area contributed by atoms with E-state index >= 15 is 0 Å². The predicted molar refractivity (Wildman–Crippen MR) is 129 cm³/mol. The van der Waals surface area contributed by atoms with Crippen molar-refractivity contribution < 1.29 is 23.1 Å². The van der Waals surface area contributed by atoms with E-state index in [1.807, 2.05) is 6.07 Å². The maximum Gasteiger partial charge on any atom is 0.280 e. The second kappa shape index (κ2) is 10.2. The monoisotopic (exact) mass is 509 g/mol. The number of anilines is 2. The van der Waals surface area contributed by atoms with E-state index < -0.39 is 36.3 Å². The summed E-state index contributed by atoms with van der Waals surface area (Å²) in [5, 5.41) is 28.6. The molecule has 0 unspecified atom stereocenters. The Morgan fingerprint density at radius 2 is 1.92 bits per heavy atom. The Balaban J connectivity index is 1.70. The molecule has 0 aliphatic heterocycles. The van der Waals surface area contributed by atoms with Gasteiger partial charge in [0.2, 0.25) is 0 Å². The third kappa shape index (κ3) is 5.68. The molecule has 4 aromatic rings. The molecule has 0 radical (unpaired) electrons. The Morgan fingerprint density at radius 3 is 2.57 bits per heavy atom. The molecule has 4 aromatic heterocycles. The van der Waals surface area contributed by atoms with Crippen molar-refractivity contribution in [3.05, 3.63) is 71.8 Å². The lowest BCUT2D eigenvalue weighted by atomic mass is 10.0. The molecule has 0 saturated heterocycles. The molecule has 1 amide bonds. The van der Waals surface area contributed by atoms with Gasteiger partial charge in [0.15, 0.2) is 0 Å². The molecule has 0 aliphatic carbocycles. The van der Waals surface area contributed by atoms with Crippen LogP contribution in [0.5, 0.6) is 0 Å². The first-order valence-electron chi connectivity index (χ1n) is 11.1. The van der Waals surface area contributed by atoms with Gasteiger partial charge in [-0.2, -0.15) is 10.4 Å². The summed E-state index contributed by atoms with van der Waals surface area (Å²) in [6.45, 7) is 2.14. The minimum absolute atomic E-state index is 0.0465. The van der Waals surface area contributed by atoms with Crippen molar-refractivity contribution in [2.45, 2.75) is 32.0 Å². The number of amides is 1. The molecule has 12 heteroatoms. The fraction of sp³-hybridized carbons (Fsp3) is 0.240. The summed E-state index contributed by atoms with van der Waals surface area (Å²) in [7, 11) is 0. The molecule has 0 aromatic carbocycles. The summed E-state index contributed by atoms with van der Waals surface area (Å²) in [6.07, 6.45) is -0.558. The topological polar surface area (TPSA) is 128 Å². The maximum absolute atomic E-state index is 14.2. The molecule has 37 heavy (non-hydrogen) atoms. The van der Waals surface area contributed by atoms with Crippen molar-refractivity contribution in [3.8, 4) is 17.5 Å². The van der Waals surface area contributed by atoms with E-state index in [2.05, 4.69) is 25.7 Å². The molecule has 4 rings (SSSR count). The predicted octanol–water partition coefficient (Wildman–Crippen LogP) is 4.18. The van der Waals surface area contributed by atoms with Crippen LogP contribution < -0.4 is 10.6 Å². The molecule has 0 spiro atoms. The van der Waals surface area contributed by atoms with Crippen molar-refractivity contribution in [1.82, 2.24) is 24.9 Å². The van der Waals surface area contributed by atoms with Gasteiger partial charge in [0.1, 0.15) is 17.9 Å². The third-order valence-corrected chi connectivity index (χ3v) is 5.54. The van der Waals surface area contributed by atoms with Crippen LogP contribution in [0.2, 0.25) is 0 Å². The van der Waals surface area contributed by atoms with Crippen LogP contribution in [0, 0.1) is 11.3 Å². The molecule has 190 valence electrons. The molecular weight excluding hydrogens is 487 g/mol. The number of aliphatic hydroxyl groups is 1. The summed E-state index contributed by atoms with van der Waals surface area (Å²) in [5.41, 5.74) is 0.579. The maximum atomic E-state index is 14.2. The van der Waals surface area contributed by atoms with E-state index in [4.69, 9.17) is 5.26 Å². The van der Waals surface area contributed by atoms with Crippen LogP contribution in [-0.2, 0) is 0 Å². The number of rotatable bonds is 8. The molecule has 9 nitrogen and oxygen atoms in total. The average Bonchev–Trinajstić information content (AvgIpc) is 3.30. The average molecular weight is 509 g/mol. The fourth-order valence-corrected chi connectivity index (χ4v) is 3.43. The summed E-state index contributed by atoms with van der Waals surface area (Å²) < 4.78 is 41.6. The van der Waals surface area contributed by atoms with Gasteiger partial charge < -0.3 is 15.7 Å². The molecule has 0 aliphatic rings. The van der Waals surface area contributed by atoms with Gasteiger partial charge in [-0.1, -0.05) is 0 Å². The first-order valence-corrected chi connectivity index (χ1v) is 11.1. The Kier molecular flexibility index (Phi) is 7.08. The van der Waals surface area contributed by atoms with Gasteiger partial charge in [-0.15, -0.1) is 0 Å². The standard InChI is InChI=1S/C25H22F3N7O2/c1-25(2,37)22(26)13-32-24(36)17-12-31-20(21-6-4-16-7-14(9-29)10-33-35(16)21)8-19(17)34-15-3-5-18(23(27)28)30-11-15/h3-8,10-12,22-23,37H,13H2,1-2H3,(H,31,34)(H,32,36)/t22-/m1/s1. The van der Waals surface area contributed by atoms with Crippen LogP contribution in [0.25, 0.3) is 16.9 Å². The van der Waals surface area contributed by atoms with Crippen LogP contribution in [0.1, 0.15) is 41.9 Å². The minimum Gasteiger partial charge on any atom is -0.387 e. The Bertz CT molecular complexity index is 1470. The van der Waals surface area contributed by atoms with E-state index in [1.165, 1.54) is 38.5 Å². The molecule has 0 saturated carbocycles. The van der Waals surface area contributed by atoms with E-state index in [9.17, 15) is 23.1 Å². The van der Waals surface area contributed by atoms with Gasteiger partial charge in [0.25, 0.3) is 12.3 Å². The smallest absolute Gasteiger partial charge is 0.280 e. The number of alkyl halides is 3. The highest BCUT2D eigenvalue weighted by molar-refractivity contribution is 6.00. The number of nitriles is 1. The number of halogens is 3. The highest BCUT2D eigenvalue weighted by Crippen LogP contribution is 2.28. The quantitative estimate of drug-likeness (QED) is 0.325. The number of pyridine rings is 2. The van der Waals surface area contributed by atoms with Crippen molar-refractivity contribution in [2.75, 3.05) is 11.9 Å². The fourth-order valence-electron chi connectivity index (χ4n) is 3.43. The van der Waals surface area contributed by atoms with E-state index in [0.717, 1.165) is 6.07 Å². The minimum atomic E-state index is -2.73. The first-order chi connectivity index (χ1) is 17.6. The van der Waals surface area contributed by atoms with Crippen LogP contribution in [-0.4, -0.2) is 48.9 Å². The summed E-state index contributed by atoms with van der Waals surface area (Å²) in [4.78, 5) is 21.0. The lowest BCUT2D eigenvalue weighted by Gasteiger charge is -2.22. The molecule has 3 N–H and O–H groups in total.